The van der Waals surface area contributed by atoms with Crippen molar-refractivity contribution >= 4 is 45.9 Å². The van der Waals surface area contributed by atoms with Gasteiger partial charge in [0.2, 0.25) is 0 Å². The molecule has 184 valence electrons. The molecule has 3 nitrogen and oxygen atoms in total. The minimum Gasteiger partial charge on any atom is -0.360 e. The average molecular weight is 508 g/mol. The minimum absolute atomic E-state index is 1.03. The van der Waals surface area contributed by atoms with Crippen LogP contribution < -0.4 is 36.5 Å². The van der Waals surface area contributed by atoms with E-state index in [1.165, 1.54) is 20.7 Å². The SMILES string of the molecule is C1=CNc2ccccc2N(c2cccc([Si](c3ccccc3)(c3ccccc3)c3ccccc3)c2)NC=C1. The standard InChI is InChI=1S/C34H29N3Si/c1-4-16-29(17-5-1)38(30-18-6-2-7-19-30,31-20-8-3-9-21-31)32-22-14-15-28(27-32)37-34-24-11-10-23-33(34)35-25-12-13-26-36-37/h1-27,35-36H. The number of fused-ring (bicyclic) bond motifs is 1. The Labute approximate surface area is 225 Å². The first-order valence-electron chi connectivity index (χ1n) is 12.9. The largest absolute Gasteiger partial charge is 0.360 e. The van der Waals surface area contributed by atoms with Crippen LogP contribution in [0.4, 0.5) is 17.1 Å². The van der Waals surface area contributed by atoms with E-state index in [1.54, 1.807) is 0 Å². The Hall–Kier alpha value is -4.80. The predicted molar refractivity (Wildman–Crippen MR) is 164 cm³/mol. The van der Waals surface area contributed by atoms with E-state index in [0.717, 1.165) is 17.1 Å². The number of benzene rings is 5. The van der Waals surface area contributed by atoms with Gasteiger partial charge in [-0.25, -0.2) is 0 Å². The van der Waals surface area contributed by atoms with Crippen molar-refractivity contribution in [2.75, 3.05) is 10.3 Å². The van der Waals surface area contributed by atoms with E-state index in [4.69, 9.17) is 0 Å². The second kappa shape index (κ2) is 10.7. The first-order chi connectivity index (χ1) is 18.9. The Morgan fingerprint density at radius 1 is 0.474 bits per heavy atom. The third-order valence-electron chi connectivity index (χ3n) is 7.05. The summed E-state index contributed by atoms with van der Waals surface area (Å²) in [5, 5.41) is 11.0. The van der Waals surface area contributed by atoms with Crippen LogP contribution in [0.2, 0.25) is 0 Å². The maximum absolute atomic E-state index is 3.51. The van der Waals surface area contributed by atoms with Gasteiger partial charge in [-0.3, -0.25) is 5.01 Å². The molecule has 0 atom stereocenters. The van der Waals surface area contributed by atoms with Crippen LogP contribution in [0.1, 0.15) is 0 Å². The molecule has 38 heavy (non-hydrogen) atoms. The summed E-state index contributed by atoms with van der Waals surface area (Å²) in [5.74, 6) is 0. The number of allylic oxidation sites excluding steroid dienone is 2. The van der Waals surface area contributed by atoms with Crippen molar-refractivity contribution in [3.8, 4) is 0 Å². The van der Waals surface area contributed by atoms with Crippen molar-refractivity contribution in [1.29, 1.82) is 0 Å². The molecule has 4 heteroatoms. The fourth-order valence-corrected chi connectivity index (χ4v) is 10.2. The summed E-state index contributed by atoms with van der Waals surface area (Å²) in [4.78, 5) is 0. The van der Waals surface area contributed by atoms with Crippen molar-refractivity contribution in [2.45, 2.75) is 0 Å². The molecule has 0 saturated heterocycles. The lowest BCUT2D eigenvalue weighted by atomic mass is 10.2. The lowest BCUT2D eigenvalue weighted by molar-refractivity contribution is 0.889. The van der Waals surface area contributed by atoms with Crippen LogP contribution in [0.3, 0.4) is 0 Å². The van der Waals surface area contributed by atoms with Crippen LogP contribution in [-0.2, 0) is 0 Å². The molecule has 0 bridgehead atoms. The molecular weight excluding hydrogens is 478 g/mol. The summed E-state index contributed by atoms with van der Waals surface area (Å²) >= 11 is 0. The maximum atomic E-state index is 3.51. The van der Waals surface area contributed by atoms with E-state index in [2.05, 4.69) is 155 Å². The van der Waals surface area contributed by atoms with E-state index < -0.39 is 8.07 Å². The third kappa shape index (κ3) is 4.31. The summed E-state index contributed by atoms with van der Waals surface area (Å²) in [6.07, 6.45) is 7.90. The molecule has 0 saturated carbocycles. The molecular formula is C34H29N3Si. The monoisotopic (exact) mass is 507 g/mol. The first kappa shape index (κ1) is 23.6. The molecule has 1 heterocycles. The highest BCUT2D eigenvalue weighted by Gasteiger charge is 2.41. The molecule has 0 amide bonds. The molecule has 6 rings (SSSR count). The number of nitrogens with zero attached hydrogens (tertiary/aromatic N) is 1. The van der Waals surface area contributed by atoms with E-state index in [9.17, 15) is 0 Å². The Morgan fingerprint density at radius 2 is 1.00 bits per heavy atom. The topological polar surface area (TPSA) is 27.3 Å². The molecule has 0 spiro atoms. The normalized spacial score (nSPS) is 12.9. The number of hydrazine groups is 1. The summed E-state index contributed by atoms with van der Waals surface area (Å²) in [6, 6.07) is 50.4. The fourth-order valence-electron chi connectivity index (χ4n) is 5.38. The molecule has 2 N–H and O–H groups in total. The van der Waals surface area contributed by atoms with Crippen LogP contribution in [0.25, 0.3) is 0 Å². The lowest BCUT2D eigenvalue weighted by Gasteiger charge is -2.35. The van der Waals surface area contributed by atoms with Gasteiger partial charge < -0.3 is 10.7 Å². The van der Waals surface area contributed by atoms with Gasteiger partial charge in [0.05, 0.1) is 17.1 Å². The zero-order chi connectivity index (χ0) is 25.6. The number of rotatable bonds is 5. The number of anilines is 3. The van der Waals surface area contributed by atoms with Gasteiger partial charge in [-0.2, -0.15) is 0 Å². The van der Waals surface area contributed by atoms with Crippen LogP contribution >= 0.6 is 0 Å². The van der Waals surface area contributed by atoms with Gasteiger partial charge in [-0.15, -0.1) is 0 Å². The number of hydrogen-bond acceptors (Lipinski definition) is 3. The Balaban J connectivity index is 1.61. The molecule has 0 unspecified atom stereocenters. The van der Waals surface area contributed by atoms with Gasteiger partial charge >= 0.3 is 0 Å². The van der Waals surface area contributed by atoms with Crippen molar-refractivity contribution in [2.24, 2.45) is 0 Å². The van der Waals surface area contributed by atoms with Gasteiger partial charge in [0.1, 0.15) is 0 Å². The van der Waals surface area contributed by atoms with E-state index in [0.29, 0.717) is 0 Å². The maximum Gasteiger partial charge on any atom is 0.179 e. The molecule has 1 aliphatic heterocycles. The molecule has 5 aromatic carbocycles. The van der Waals surface area contributed by atoms with Crippen molar-refractivity contribution in [1.82, 2.24) is 5.43 Å². The van der Waals surface area contributed by atoms with Gasteiger partial charge in [-0.1, -0.05) is 115 Å². The molecule has 0 aliphatic carbocycles. The molecule has 0 fully saturated rings. The highest BCUT2D eigenvalue weighted by Crippen LogP contribution is 2.31. The zero-order valence-corrected chi connectivity index (χ0v) is 22.0. The van der Waals surface area contributed by atoms with Crippen LogP contribution in [-0.4, -0.2) is 8.07 Å². The molecule has 0 radical (unpaired) electrons. The van der Waals surface area contributed by atoms with Gasteiger partial charge in [0.15, 0.2) is 8.07 Å². The van der Waals surface area contributed by atoms with Crippen molar-refractivity contribution < 1.29 is 0 Å². The van der Waals surface area contributed by atoms with Crippen LogP contribution in [0, 0.1) is 0 Å². The molecule has 1 aliphatic rings. The minimum atomic E-state index is -2.62. The summed E-state index contributed by atoms with van der Waals surface area (Å²) in [7, 11) is -2.62. The Bertz CT molecular complexity index is 1470. The molecule has 5 aromatic rings. The van der Waals surface area contributed by atoms with Gasteiger partial charge in [0.25, 0.3) is 0 Å². The van der Waals surface area contributed by atoms with Gasteiger partial charge in [0, 0.05) is 12.4 Å². The van der Waals surface area contributed by atoms with E-state index in [1.807, 2.05) is 24.6 Å². The lowest BCUT2D eigenvalue weighted by Crippen LogP contribution is -2.74. The number of nitrogens with one attached hydrogen (secondary N) is 2. The molecule has 0 aromatic heterocycles. The first-order valence-corrected chi connectivity index (χ1v) is 14.9. The number of para-hydroxylation sites is 2. The summed E-state index contributed by atoms with van der Waals surface area (Å²) in [6.45, 7) is 0. The van der Waals surface area contributed by atoms with Crippen LogP contribution in [0.15, 0.2) is 164 Å². The Morgan fingerprint density at radius 3 is 1.63 bits per heavy atom. The Kier molecular flexibility index (Phi) is 6.62. The zero-order valence-electron chi connectivity index (χ0n) is 21.0. The predicted octanol–water partition coefficient (Wildman–Crippen LogP) is 5.16. The summed E-state index contributed by atoms with van der Waals surface area (Å²) in [5.41, 5.74) is 6.66. The quantitative estimate of drug-likeness (QED) is 0.254. The van der Waals surface area contributed by atoms with E-state index in [-0.39, 0.29) is 0 Å². The number of hydrogen-bond donors (Lipinski definition) is 2. The third-order valence-corrected chi connectivity index (χ3v) is 11.8. The average Bonchev–Trinajstić information content (AvgIpc) is 3.10. The highest BCUT2D eigenvalue weighted by molar-refractivity contribution is 7.19. The van der Waals surface area contributed by atoms with Crippen molar-refractivity contribution in [3.63, 3.8) is 0 Å². The van der Waals surface area contributed by atoms with Gasteiger partial charge in [-0.05, 0) is 57.2 Å². The smallest absolute Gasteiger partial charge is 0.179 e. The fraction of sp³-hybridized carbons (Fsp3) is 0. The second-order valence-electron chi connectivity index (χ2n) is 9.24. The van der Waals surface area contributed by atoms with Crippen LogP contribution in [0.5, 0.6) is 0 Å². The van der Waals surface area contributed by atoms with Crippen molar-refractivity contribution in [3.05, 3.63) is 164 Å². The second-order valence-corrected chi connectivity index (χ2v) is 13.1. The van der Waals surface area contributed by atoms with E-state index >= 15 is 0 Å². The highest BCUT2D eigenvalue weighted by atomic mass is 28.3. The summed E-state index contributed by atoms with van der Waals surface area (Å²) < 4.78 is 0.